The molecule has 0 aromatic heterocycles. The van der Waals surface area contributed by atoms with E-state index in [1.807, 2.05) is 0 Å². The molecule has 4 nitrogen and oxygen atoms in total. The van der Waals surface area contributed by atoms with E-state index in [-0.39, 0.29) is 21.0 Å². The van der Waals surface area contributed by atoms with E-state index in [0.717, 1.165) is 32.1 Å². The summed E-state index contributed by atoms with van der Waals surface area (Å²) >= 11 is 3.23. The van der Waals surface area contributed by atoms with Crippen LogP contribution in [0.15, 0.2) is 0 Å². The Balaban J connectivity index is 1.74. The molecule has 112 valence electrons. The van der Waals surface area contributed by atoms with Crippen molar-refractivity contribution in [2.24, 2.45) is 11.8 Å². The van der Waals surface area contributed by atoms with Gasteiger partial charge in [0.25, 0.3) is 0 Å². The topological polar surface area (TPSA) is 74.6 Å². The maximum Gasteiger partial charge on any atom is 0.313 e. The van der Waals surface area contributed by atoms with Gasteiger partial charge in [0.05, 0.1) is 11.5 Å². The normalized spacial score (nSPS) is 41.8. The van der Waals surface area contributed by atoms with Crippen LogP contribution in [-0.2, 0) is 9.59 Å². The molecule has 0 radical (unpaired) electrons. The molecule has 0 aromatic carbocycles. The third-order valence-corrected chi connectivity index (χ3v) is 7.92. The van der Waals surface area contributed by atoms with Gasteiger partial charge in [-0.05, 0) is 50.4 Å². The van der Waals surface area contributed by atoms with Crippen LogP contribution in [0, 0.1) is 11.8 Å². The molecule has 0 saturated heterocycles. The minimum absolute atomic E-state index is 0.105. The molecule has 0 amide bonds. The van der Waals surface area contributed by atoms with E-state index < -0.39 is 11.9 Å². The summed E-state index contributed by atoms with van der Waals surface area (Å²) in [4.78, 5) is 21.8. The summed E-state index contributed by atoms with van der Waals surface area (Å²) in [5, 5.41) is 17.9. The predicted octanol–water partition coefficient (Wildman–Crippen LogP) is 2.71. The average molecular weight is 316 g/mol. The molecule has 4 aliphatic rings. The molecule has 6 heteroatoms. The third kappa shape index (κ3) is 2.82. The summed E-state index contributed by atoms with van der Waals surface area (Å²) in [7, 11) is 0. The molecule has 4 saturated carbocycles. The van der Waals surface area contributed by atoms with Crippen molar-refractivity contribution in [3.63, 3.8) is 0 Å². The molecule has 0 heterocycles. The van der Waals surface area contributed by atoms with Gasteiger partial charge in [0.1, 0.15) is 0 Å². The lowest BCUT2D eigenvalue weighted by molar-refractivity contribution is -0.134. The van der Waals surface area contributed by atoms with Crippen molar-refractivity contribution >= 4 is 35.5 Å². The number of hydrogen-bond donors (Lipinski definition) is 2. The van der Waals surface area contributed by atoms with Gasteiger partial charge in [-0.3, -0.25) is 9.59 Å². The van der Waals surface area contributed by atoms with Crippen LogP contribution in [0.2, 0.25) is 0 Å². The van der Waals surface area contributed by atoms with Crippen LogP contribution >= 0.6 is 23.5 Å². The van der Waals surface area contributed by atoms with E-state index in [2.05, 4.69) is 0 Å². The van der Waals surface area contributed by atoms with E-state index >= 15 is 0 Å². The third-order valence-electron chi connectivity index (χ3n) is 4.96. The van der Waals surface area contributed by atoms with Crippen molar-refractivity contribution in [1.82, 2.24) is 0 Å². The molecular weight excluding hydrogens is 296 g/mol. The highest BCUT2D eigenvalue weighted by Gasteiger charge is 2.58. The molecule has 0 aromatic rings. The fourth-order valence-corrected chi connectivity index (χ4v) is 7.98. The van der Waals surface area contributed by atoms with E-state index in [4.69, 9.17) is 10.2 Å². The second-order valence-electron chi connectivity index (χ2n) is 6.69. The summed E-state index contributed by atoms with van der Waals surface area (Å²) < 4.78 is 0.210. The lowest BCUT2D eigenvalue weighted by Gasteiger charge is -2.61. The molecule has 2 N–H and O–H groups in total. The van der Waals surface area contributed by atoms with E-state index in [1.54, 1.807) is 23.5 Å². The first-order chi connectivity index (χ1) is 9.40. The van der Waals surface area contributed by atoms with Crippen LogP contribution in [-0.4, -0.2) is 43.2 Å². The Morgan fingerprint density at radius 1 is 0.900 bits per heavy atom. The molecule has 0 aliphatic heterocycles. The Labute approximate surface area is 127 Å². The fourth-order valence-electron chi connectivity index (χ4n) is 4.86. The Morgan fingerprint density at radius 2 is 1.30 bits per heavy atom. The van der Waals surface area contributed by atoms with Crippen LogP contribution in [0.3, 0.4) is 0 Å². The molecule has 20 heavy (non-hydrogen) atoms. The largest absolute Gasteiger partial charge is 0.481 e. The first kappa shape index (κ1) is 14.6. The van der Waals surface area contributed by atoms with Gasteiger partial charge >= 0.3 is 11.9 Å². The smallest absolute Gasteiger partial charge is 0.313 e. The highest BCUT2D eigenvalue weighted by Crippen LogP contribution is 2.65. The maximum atomic E-state index is 10.9. The predicted molar refractivity (Wildman–Crippen MR) is 80.3 cm³/mol. The fraction of sp³-hybridized carbons (Fsp3) is 0.857. The van der Waals surface area contributed by atoms with Crippen LogP contribution in [0.25, 0.3) is 0 Å². The van der Waals surface area contributed by atoms with Gasteiger partial charge in [0.15, 0.2) is 0 Å². The van der Waals surface area contributed by atoms with Crippen molar-refractivity contribution in [2.45, 2.75) is 48.0 Å². The van der Waals surface area contributed by atoms with Gasteiger partial charge in [-0.15, -0.1) is 23.5 Å². The monoisotopic (exact) mass is 316 g/mol. The summed E-state index contributed by atoms with van der Waals surface area (Å²) in [6, 6.07) is 0. The Bertz CT molecular complexity index is 387. The molecule has 4 aliphatic carbocycles. The van der Waals surface area contributed by atoms with Gasteiger partial charge < -0.3 is 10.2 Å². The standard InChI is InChI=1S/C14H20O4S2/c15-11(16)6-19-13-2-9-1-10(4-13)5-14(3-9,8-13)20-7-12(17)18/h9-10H,1-8H2,(H,15,16)(H,17,18). The van der Waals surface area contributed by atoms with Crippen molar-refractivity contribution in [1.29, 1.82) is 0 Å². The van der Waals surface area contributed by atoms with Crippen LogP contribution in [0.1, 0.15) is 38.5 Å². The zero-order valence-corrected chi connectivity index (χ0v) is 13.0. The second kappa shape index (κ2) is 5.13. The van der Waals surface area contributed by atoms with Crippen molar-refractivity contribution in [3.8, 4) is 0 Å². The summed E-state index contributed by atoms with van der Waals surface area (Å²) in [5.74, 6) is 0.242. The number of carboxylic acids is 2. The van der Waals surface area contributed by atoms with Gasteiger partial charge in [-0.1, -0.05) is 0 Å². The Hall–Kier alpha value is -0.360. The highest BCUT2D eigenvalue weighted by atomic mass is 32.2. The molecule has 0 spiro atoms. The van der Waals surface area contributed by atoms with E-state index in [1.165, 1.54) is 6.42 Å². The van der Waals surface area contributed by atoms with Crippen LogP contribution < -0.4 is 0 Å². The number of rotatable bonds is 6. The first-order valence-corrected chi connectivity index (χ1v) is 9.09. The summed E-state index contributed by atoms with van der Waals surface area (Å²) in [6.07, 6.45) is 6.81. The minimum Gasteiger partial charge on any atom is -0.481 e. The van der Waals surface area contributed by atoms with E-state index in [9.17, 15) is 9.59 Å². The lowest BCUT2D eigenvalue weighted by atomic mass is 9.55. The van der Waals surface area contributed by atoms with Crippen molar-refractivity contribution < 1.29 is 19.8 Å². The van der Waals surface area contributed by atoms with Gasteiger partial charge in [-0.2, -0.15) is 0 Å². The van der Waals surface area contributed by atoms with Crippen LogP contribution in [0.5, 0.6) is 0 Å². The lowest BCUT2D eigenvalue weighted by Crippen LogP contribution is -2.56. The molecule has 4 bridgehead atoms. The number of thioether (sulfide) groups is 2. The average Bonchev–Trinajstić information content (AvgIpc) is 2.33. The van der Waals surface area contributed by atoms with Crippen molar-refractivity contribution in [2.75, 3.05) is 11.5 Å². The molecule has 4 fully saturated rings. The Morgan fingerprint density at radius 3 is 1.65 bits per heavy atom. The maximum absolute atomic E-state index is 10.9. The number of carbonyl (C=O) groups is 2. The summed E-state index contributed by atoms with van der Waals surface area (Å²) in [5.41, 5.74) is 0. The Kier molecular flexibility index (Phi) is 3.73. The van der Waals surface area contributed by atoms with Gasteiger partial charge in [0, 0.05) is 9.49 Å². The highest BCUT2D eigenvalue weighted by molar-refractivity contribution is 8.02. The summed E-state index contributed by atoms with van der Waals surface area (Å²) in [6.45, 7) is 0. The SMILES string of the molecule is O=C(O)CSC12CC3CC(C1)CC(SCC(=O)O)(C3)C2. The van der Waals surface area contributed by atoms with Gasteiger partial charge in [-0.25, -0.2) is 0 Å². The quantitative estimate of drug-likeness (QED) is 0.785. The molecular formula is C14H20O4S2. The van der Waals surface area contributed by atoms with Crippen LogP contribution in [0.4, 0.5) is 0 Å². The van der Waals surface area contributed by atoms with E-state index in [0.29, 0.717) is 11.8 Å². The van der Waals surface area contributed by atoms with Gasteiger partial charge in [0.2, 0.25) is 0 Å². The number of hydrogen-bond acceptors (Lipinski definition) is 4. The number of carboxylic acid groups (broad SMARTS) is 2. The zero-order chi connectivity index (χ0) is 14.4. The van der Waals surface area contributed by atoms with Crippen molar-refractivity contribution in [3.05, 3.63) is 0 Å². The molecule has 0 unspecified atom stereocenters. The number of aliphatic carboxylic acids is 2. The second-order valence-corrected chi connectivity index (χ2v) is 9.58. The minimum atomic E-state index is -0.738. The molecule has 4 rings (SSSR count). The zero-order valence-electron chi connectivity index (χ0n) is 11.3. The molecule has 0 atom stereocenters. The first-order valence-electron chi connectivity index (χ1n) is 7.12.